The first-order valence-electron chi connectivity index (χ1n) is 9.08. The summed E-state index contributed by atoms with van der Waals surface area (Å²) >= 11 is 3.12. The summed E-state index contributed by atoms with van der Waals surface area (Å²) in [5.41, 5.74) is 0.903. The predicted molar refractivity (Wildman–Crippen MR) is 118 cm³/mol. The number of hydrogen-bond donors (Lipinski definition) is 2. The van der Waals surface area contributed by atoms with Crippen molar-refractivity contribution in [3.8, 4) is 0 Å². The number of amides is 1. The number of thiophene rings is 2. The molecule has 164 valence electrons. The number of ether oxygens (including phenoxy) is 1. The average molecular weight is 481 g/mol. The minimum atomic E-state index is -1.37. The second-order valence-electron chi connectivity index (χ2n) is 6.44. The maximum absolute atomic E-state index is 12.5. The first-order chi connectivity index (χ1) is 14.6. The number of rotatable bonds is 7. The second-order valence-corrected chi connectivity index (χ2v) is 9.63. The second kappa shape index (κ2) is 9.20. The van der Waals surface area contributed by atoms with Crippen molar-refractivity contribution >= 4 is 67.5 Å². The van der Waals surface area contributed by atoms with E-state index in [1.807, 2.05) is 6.92 Å². The smallest absolute Gasteiger partial charge is 0.341 e. The molecule has 0 spiro atoms. The summed E-state index contributed by atoms with van der Waals surface area (Å²) in [6.07, 6.45) is 0. The third-order valence-corrected chi connectivity index (χ3v) is 7.58. The van der Waals surface area contributed by atoms with Crippen LogP contribution in [0.4, 0.5) is 5.00 Å². The number of carboxylic acids is 1. The zero-order valence-electron chi connectivity index (χ0n) is 17.0. The van der Waals surface area contributed by atoms with E-state index < -0.39 is 23.4 Å². The molecule has 31 heavy (non-hydrogen) atoms. The van der Waals surface area contributed by atoms with E-state index in [9.17, 15) is 24.3 Å². The monoisotopic (exact) mass is 480 g/mol. The lowest BCUT2D eigenvalue weighted by Crippen LogP contribution is -2.21. The fourth-order valence-corrected chi connectivity index (χ4v) is 5.65. The van der Waals surface area contributed by atoms with Gasteiger partial charge in [0.15, 0.2) is 5.16 Å². The molecule has 9 nitrogen and oxygen atoms in total. The summed E-state index contributed by atoms with van der Waals surface area (Å²) in [5, 5.41) is 14.7. The molecule has 0 fully saturated rings. The van der Waals surface area contributed by atoms with Crippen molar-refractivity contribution in [3.05, 3.63) is 36.8 Å². The SMILES string of the molecule is CCOC(=O)c1c(NC(=O)CSc2nc3sc(C(=O)[O-])c(C)c3c(=O)[nH]2)sc(C)c1C. The molecule has 0 aromatic carbocycles. The Bertz CT molecular complexity index is 1260. The van der Waals surface area contributed by atoms with Gasteiger partial charge in [0, 0.05) is 4.88 Å². The number of carbonyl (C=O) groups excluding carboxylic acids is 3. The van der Waals surface area contributed by atoms with Crippen LogP contribution in [0.2, 0.25) is 0 Å². The van der Waals surface area contributed by atoms with Crippen LogP contribution in [-0.2, 0) is 9.53 Å². The first kappa shape index (κ1) is 23.0. The highest BCUT2D eigenvalue weighted by molar-refractivity contribution is 7.99. The molecule has 0 radical (unpaired) electrons. The number of thioether (sulfide) groups is 1. The van der Waals surface area contributed by atoms with E-state index in [2.05, 4.69) is 15.3 Å². The summed E-state index contributed by atoms with van der Waals surface area (Å²) in [5.74, 6) is -2.34. The molecule has 2 N–H and O–H groups in total. The topological polar surface area (TPSA) is 141 Å². The van der Waals surface area contributed by atoms with Gasteiger partial charge in [-0.2, -0.15) is 0 Å². The molecule has 3 rings (SSSR count). The van der Waals surface area contributed by atoms with Gasteiger partial charge in [0.25, 0.3) is 5.56 Å². The van der Waals surface area contributed by atoms with Crippen LogP contribution in [0.3, 0.4) is 0 Å². The fraction of sp³-hybridized carbons (Fsp3) is 0.316. The van der Waals surface area contributed by atoms with E-state index in [4.69, 9.17) is 4.74 Å². The Hall–Kier alpha value is -2.70. The normalized spacial score (nSPS) is 11.0. The summed E-state index contributed by atoms with van der Waals surface area (Å²) in [4.78, 5) is 56.1. The highest BCUT2D eigenvalue weighted by atomic mass is 32.2. The highest BCUT2D eigenvalue weighted by Gasteiger charge is 2.22. The molecule has 0 aliphatic carbocycles. The zero-order chi connectivity index (χ0) is 22.9. The first-order valence-corrected chi connectivity index (χ1v) is 11.7. The number of nitrogens with one attached hydrogen (secondary N) is 2. The van der Waals surface area contributed by atoms with Gasteiger partial charge in [-0.25, -0.2) is 9.78 Å². The molecule has 0 saturated carbocycles. The van der Waals surface area contributed by atoms with Crippen molar-refractivity contribution in [2.75, 3.05) is 17.7 Å². The fourth-order valence-electron chi connectivity index (χ4n) is 2.85. The van der Waals surface area contributed by atoms with Crippen LogP contribution in [0.25, 0.3) is 10.2 Å². The van der Waals surface area contributed by atoms with Crippen molar-refractivity contribution in [1.29, 1.82) is 0 Å². The van der Waals surface area contributed by atoms with Gasteiger partial charge in [-0.15, -0.1) is 22.7 Å². The van der Waals surface area contributed by atoms with E-state index in [1.54, 1.807) is 13.8 Å². The molecule has 3 heterocycles. The number of H-pyrrole nitrogens is 1. The van der Waals surface area contributed by atoms with Crippen LogP contribution in [0.1, 0.15) is 43.0 Å². The quantitative estimate of drug-likeness (QED) is 0.298. The third kappa shape index (κ3) is 4.65. The molecule has 0 bridgehead atoms. The van der Waals surface area contributed by atoms with Gasteiger partial charge in [0.05, 0.1) is 34.2 Å². The number of anilines is 1. The lowest BCUT2D eigenvalue weighted by molar-refractivity contribution is -0.254. The van der Waals surface area contributed by atoms with Crippen molar-refractivity contribution in [2.24, 2.45) is 0 Å². The molecule has 0 aliphatic heterocycles. The van der Waals surface area contributed by atoms with Crippen molar-refractivity contribution < 1.29 is 24.2 Å². The standard InChI is InChI=1S/C19H19N3O6S3/c1-5-28-18(27)12-7(2)9(4)30-16(12)20-10(23)6-29-19-21-14(24)11-8(3)13(17(25)26)31-15(11)22-19/h5-6H2,1-4H3,(H,20,23)(H,25,26)(H,21,22,24)/p-1. The van der Waals surface area contributed by atoms with E-state index >= 15 is 0 Å². The molecule has 3 aromatic rings. The molecular weight excluding hydrogens is 462 g/mol. The van der Waals surface area contributed by atoms with Crippen LogP contribution < -0.4 is 16.0 Å². The van der Waals surface area contributed by atoms with Gasteiger partial charge in [-0.05, 0) is 38.8 Å². The van der Waals surface area contributed by atoms with E-state index in [0.717, 1.165) is 33.5 Å². The number of fused-ring (bicyclic) bond motifs is 1. The number of hydrogen-bond acceptors (Lipinski definition) is 10. The van der Waals surface area contributed by atoms with Crippen LogP contribution in [-0.4, -0.2) is 40.2 Å². The predicted octanol–water partition coefficient (Wildman–Crippen LogP) is 2.24. The Morgan fingerprint density at radius 1 is 1.19 bits per heavy atom. The third-order valence-electron chi connectivity index (χ3n) is 4.42. The summed E-state index contributed by atoms with van der Waals surface area (Å²) in [6.45, 7) is 7.08. The van der Waals surface area contributed by atoms with Gasteiger partial charge in [0.2, 0.25) is 5.91 Å². The molecule has 0 atom stereocenters. The number of carboxylic acid groups (broad SMARTS) is 1. The van der Waals surface area contributed by atoms with Crippen LogP contribution in [0.5, 0.6) is 0 Å². The molecule has 1 amide bonds. The Labute approximate surface area is 188 Å². The van der Waals surface area contributed by atoms with Crippen molar-refractivity contribution in [1.82, 2.24) is 9.97 Å². The Morgan fingerprint density at radius 2 is 1.90 bits per heavy atom. The van der Waals surface area contributed by atoms with E-state index in [0.29, 0.717) is 16.1 Å². The van der Waals surface area contributed by atoms with Crippen LogP contribution in [0.15, 0.2) is 9.95 Å². The number of nitrogens with zero attached hydrogens (tertiary/aromatic N) is 1. The number of aromatic carboxylic acids is 1. The number of carbonyl (C=O) groups is 3. The number of aromatic nitrogens is 2. The Morgan fingerprint density at radius 3 is 2.55 bits per heavy atom. The number of aryl methyl sites for hydroxylation is 2. The average Bonchev–Trinajstić information content (AvgIpc) is 3.17. The molecule has 3 aromatic heterocycles. The lowest BCUT2D eigenvalue weighted by Gasteiger charge is -2.07. The number of aromatic amines is 1. The lowest BCUT2D eigenvalue weighted by atomic mass is 10.1. The molecule has 0 saturated heterocycles. The van der Waals surface area contributed by atoms with Gasteiger partial charge in [0.1, 0.15) is 9.83 Å². The van der Waals surface area contributed by atoms with Gasteiger partial charge in [-0.3, -0.25) is 9.59 Å². The molecule has 12 heteroatoms. The molecular formula is C19H18N3O6S3-. The van der Waals surface area contributed by atoms with Crippen molar-refractivity contribution in [2.45, 2.75) is 32.9 Å². The minimum absolute atomic E-state index is 0.0529. The van der Waals surface area contributed by atoms with Gasteiger partial charge < -0.3 is 24.9 Å². The van der Waals surface area contributed by atoms with Crippen LogP contribution >= 0.6 is 34.4 Å². The van der Waals surface area contributed by atoms with Gasteiger partial charge >= 0.3 is 5.97 Å². The highest BCUT2D eigenvalue weighted by Crippen LogP contribution is 2.33. The molecule has 0 aliphatic rings. The Kier molecular flexibility index (Phi) is 6.82. The van der Waals surface area contributed by atoms with Crippen LogP contribution in [0, 0.1) is 20.8 Å². The largest absolute Gasteiger partial charge is 0.544 e. The summed E-state index contributed by atoms with van der Waals surface area (Å²) in [6, 6.07) is 0. The summed E-state index contributed by atoms with van der Waals surface area (Å²) < 4.78 is 5.07. The maximum atomic E-state index is 12.5. The van der Waals surface area contributed by atoms with E-state index in [1.165, 1.54) is 18.3 Å². The van der Waals surface area contributed by atoms with Crippen molar-refractivity contribution in [3.63, 3.8) is 0 Å². The molecule has 0 unspecified atom stereocenters. The van der Waals surface area contributed by atoms with E-state index in [-0.39, 0.29) is 32.6 Å². The van der Waals surface area contributed by atoms with Gasteiger partial charge in [-0.1, -0.05) is 11.8 Å². The minimum Gasteiger partial charge on any atom is -0.544 e. The maximum Gasteiger partial charge on any atom is 0.341 e. The Balaban J connectivity index is 1.77. The zero-order valence-corrected chi connectivity index (χ0v) is 19.5. The summed E-state index contributed by atoms with van der Waals surface area (Å²) in [7, 11) is 0. The number of esters is 1.